The summed E-state index contributed by atoms with van der Waals surface area (Å²) in [5.74, 6) is -4.95. The van der Waals surface area contributed by atoms with Gasteiger partial charge in [-0.05, 0) is 42.4 Å². The second-order valence-electron chi connectivity index (χ2n) is 7.98. The van der Waals surface area contributed by atoms with Gasteiger partial charge in [0.15, 0.2) is 23.2 Å². The van der Waals surface area contributed by atoms with E-state index in [1.54, 1.807) is 6.92 Å². The molecule has 0 radical (unpaired) electrons. The third kappa shape index (κ3) is 11.4. The molecular weight excluding hydrogens is 464 g/mol. The lowest BCUT2D eigenvalue weighted by atomic mass is 9.98. The average Bonchev–Trinajstić information content (AvgIpc) is 2.90. The summed E-state index contributed by atoms with van der Waals surface area (Å²) in [7, 11) is 0. The largest absolute Gasteiger partial charge is 0.491 e. The van der Waals surface area contributed by atoms with E-state index in [0.29, 0.717) is 17.9 Å². The zero-order valence-corrected chi connectivity index (χ0v) is 22.2. The number of hydrogen-bond acceptors (Lipinski definition) is 1. The smallest absolute Gasteiger partial charge is 0.200 e. The van der Waals surface area contributed by atoms with E-state index in [1.807, 2.05) is 13.0 Å². The number of rotatable bonds is 15. The molecule has 1 unspecified atom stereocenters. The van der Waals surface area contributed by atoms with Crippen LogP contribution in [0.3, 0.4) is 0 Å². The molecule has 0 aliphatic heterocycles. The summed E-state index contributed by atoms with van der Waals surface area (Å²) in [5.41, 5.74) is -0.220. The Morgan fingerprint density at radius 2 is 1.17 bits per heavy atom. The van der Waals surface area contributed by atoms with E-state index < -0.39 is 29.1 Å². The van der Waals surface area contributed by atoms with Crippen molar-refractivity contribution in [3.8, 4) is 0 Å². The molecule has 36 heavy (non-hydrogen) atoms. The third-order valence-electron chi connectivity index (χ3n) is 5.17. The first-order valence-electron chi connectivity index (χ1n) is 11.5. The maximum atomic E-state index is 14.7. The quantitative estimate of drug-likeness (QED) is 0.0932. The average molecular weight is 505 g/mol. The molecule has 0 spiro atoms. The summed E-state index contributed by atoms with van der Waals surface area (Å²) in [6.45, 7) is 35.0. The van der Waals surface area contributed by atoms with Gasteiger partial charge in [-0.1, -0.05) is 84.9 Å². The predicted octanol–water partition coefficient (Wildman–Crippen LogP) is 10.7. The van der Waals surface area contributed by atoms with Crippen LogP contribution in [0.5, 0.6) is 0 Å². The van der Waals surface area contributed by atoms with Crippen LogP contribution in [-0.2, 0) is 4.74 Å². The summed E-state index contributed by atoms with van der Waals surface area (Å²) in [4.78, 5) is 0. The Morgan fingerprint density at radius 1 is 0.750 bits per heavy atom. The van der Waals surface area contributed by atoms with E-state index in [1.165, 1.54) is 12.2 Å². The molecule has 1 nitrogen and oxygen atoms in total. The van der Waals surface area contributed by atoms with Crippen molar-refractivity contribution in [2.45, 2.75) is 47.0 Å². The molecule has 0 aromatic rings. The van der Waals surface area contributed by atoms with Crippen LogP contribution in [0.4, 0.5) is 17.6 Å². The zero-order chi connectivity index (χ0) is 28.6. The van der Waals surface area contributed by atoms with Gasteiger partial charge in [-0.3, -0.25) is 0 Å². The van der Waals surface area contributed by atoms with Crippen LogP contribution < -0.4 is 0 Å². The van der Waals surface area contributed by atoms with Gasteiger partial charge in [0.25, 0.3) is 0 Å². The van der Waals surface area contributed by atoms with Gasteiger partial charge >= 0.3 is 0 Å². The van der Waals surface area contributed by atoms with Crippen LogP contribution in [0.15, 0.2) is 133 Å². The molecule has 0 saturated carbocycles. The maximum absolute atomic E-state index is 14.7. The molecule has 5 heteroatoms. The van der Waals surface area contributed by atoms with Gasteiger partial charge in [0.2, 0.25) is 5.83 Å². The molecule has 0 N–H and O–H groups in total. The van der Waals surface area contributed by atoms with Gasteiger partial charge in [-0.2, -0.15) is 4.39 Å². The number of ether oxygens (including phenoxy) is 1. The first-order chi connectivity index (χ1) is 16.8. The standard InChI is InChI=1S/C29H36F4O.C2H4/c1-11-17-34-25(10)29(33)28(32)24(9)21(6)16-15-20(5)23(8)27(31)26(30)22(7)19(4)14-13-18(3)12-2;1-2/h14-16,18H,5-13,17H2,1-4H3;1-2H2/b16-15-,19-14+,27-26-,29-28-;. The minimum atomic E-state index is -1.29. The lowest BCUT2D eigenvalue weighted by Crippen LogP contribution is -1.97. The van der Waals surface area contributed by atoms with Crippen molar-refractivity contribution in [2.24, 2.45) is 5.92 Å². The molecule has 1 atom stereocenters. The summed E-state index contributed by atoms with van der Waals surface area (Å²) in [5, 5.41) is 0. The molecular formula is C31H40F4O. The highest BCUT2D eigenvalue weighted by molar-refractivity contribution is 5.55. The summed E-state index contributed by atoms with van der Waals surface area (Å²) < 4.78 is 62.7. The Kier molecular flexibility index (Phi) is 17.4. The van der Waals surface area contributed by atoms with E-state index in [-0.39, 0.29) is 34.5 Å². The highest BCUT2D eigenvalue weighted by atomic mass is 19.2. The monoisotopic (exact) mass is 504 g/mol. The van der Waals surface area contributed by atoms with Crippen molar-refractivity contribution in [3.63, 3.8) is 0 Å². The van der Waals surface area contributed by atoms with E-state index in [4.69, 9.17) is 4.74 Å². The molecule has 0 aromatic heterocycles. The summed E-state index contributed by atoms with van der Waals surface area (Å²) >= 11 is 0. The number of halogens is 4. The first-order valence-corrected chi connectivity index (χ1v) is 11.5. The highest BCUT2D eigenvalue weighted by Crippen LogP contribution is 2.31. The van der Waals surface area contributed by atoms with Gasteiger partial charge in [-0.25, -0.2) is 13.2 Å². The fourth-order valence-electron chi connectivity index (χ4n) is 2.33. The SMILES string of the molecule is C=C.C=C(/C=C\C(=C)C(=C)/C(F)=C(/F)C(=C)/C(C)=C/CC(C)CC)C(=C)/C(F)=C(/F)C(=C)OCCC. The predicted molar refractivity (Wildman–Crippen MR) is 148 cm³/mol. The number of allylic oxidation sites excluding steroid dienone is 13. The van der Waals surface area contributed by atoms with Crippen molar-refractivity contribution in [1.29, 1.82) is 0 Å². The van der Waals surface area contributed by atoms with Gasteiger partial charge in [0.1, 0.15) is 0 Å². The van der Waals surface area contributed by atoms with Crippen molar-refractivity contribution < 1.29 is 22.3 Å². The van der Waals surface area contributed by atoms with Crippen molar-refractivity contribution >= 4 is 0 Å². The van der Waals surface area contributed by atoms with Crippen molar-refractivity contribution in [1.82, 2.24) is 0 Å². The fourth-order valence-corrected chi connectivity index (χ4v) is 2.33. The zero-order valence-electron chi connectivity index (χ0n) is 22.2. The normalized spacial score (nSPS) is 13.5. The fraction of sp³-hybridized carbons (Fsp3) is 0.290. The Balaban J connectivity index is 0. The second-order valence-corrected chi connectivity index (χ2v) is 7.98. The molecule has 0 rings (SSSR count). The van der Waals surface area contributed by atoms with Gasteiger partial charge in [0, 0.05) is 16.7 Å². The minimum absolute atomic E-state index is 0.0104. The lowest BCUT2D eigenvalue weighted by molar-refractivity contribution is 0.208. The number of hydrogen-bond donors (Lipinski definition) is 0. The van der Waals surface area contributed by atoms with Crippen LogP contribution in [0.1, 0.15) is 47.0 Å². The Labute approximate surface area is 215 Å². The van der Waals surface area contributed by atoms with Crippen LogP contribution in [0.25, 0.3) is 0 Å². The van der Waals surface area contributed by atoms with E-state index >= 15 is 0 Å². The van der Waals surface area contributed by atoms with Crippen molar-refractivity contribution in [2.75, 3.05) is 6.61 Å². The van der Waals surface area contributed by atoms with Crippen LogP contribution in [0.2, 0.25) is 0 Å². The van der Waals surface area contributed by atoms with E-state index in [0.717, 1.165) is 12.8 Å². The molecule has 198 valence electrons. The molecule has 0 saturated heterocycles. The molecule has 0 heterocycles. The van der Waals surface area contributed by atoms with Gasteiger partial charge in [0.05, 0.1) is 6.61 Å². The summed E-state index contributed by atoms with van der Waals surface area (Å²) in [6.07, 6.45) is 6.61. The topological polar surface area (TPSA) is 9.23 Å². The Bertz CT molecular complexity index is 986. The minimum Gasteiger partial charge on any atom is -0.491 e. The summed E-state index contributed by atoms with van der Waals surface area (Å²) in [6, 6.07) is 0. The molecule has 0 fully saturated rings. The maximum Gasteiger partial charge on any atom is 0.200 e. The second kappa shape index (κ2) is 18.0. The van der Waals surface area contributed by atoms with Gasteiger partial charge < -0.3 is 4.74 Å². The molecule has 0 aromatic carbocycles. The Morgan fingerprint density at radius 3 is 1.58 bits per heavy atom. The van der Waals surface area contributed by atoms with Crippen LogP contribution in [-0.4, -0.2) is 6.61 Å². The lowest BCUT2D eigenvalue weighted by Gasteiger charge is -2.10. The Hall–Kier alpha value is -3.34. The van der Waals surface area contributed by atoms with Crippen LogP contribution >= 0.6 is 0 Å². The van der Waals surface area contributed by atoms with Crippen molar-refractivity contribution in [3.05, 3.63) is 133 Å². The van der Waals surface area contributed by atoms with E-state index in [9.17, 15) is 17.6 Å². The molecule has 0 aliphatic rings. The molecule has 0 aliphatic carbocycles. The highest BCUT2D eigenvalue weighted by Gasteiger charge is 2.17. The van der Waals surface area contributed by atoms with Gasteiger partial charge in [-0.15, -0.1) is 13.2 Å². The third-order valence-corrected chi connectivity index (χ3v) is 5.17. The van der Waals surface area contributed by atoms with E-state index in [2.05, 4.69) is 66.5 Å². The molecule has 0 amide bonds. The molecule has 0 bridgehead atoms. The first kappa shape index (κ1) is 34.8. The van der Waals surface area contributed by atoms with Crippen LogP contribution in [0, 0.1) is 5.92 Å².